The van der Waals surface area contributed by atoms with Crippen molar-refractivity contribution < 1.29 is 4.74 Å². The maximum atomic E-state index is 5.93. The smallest absolute Gasteiger partial charge is 0.151 e. The number of nitrogens with two attached hydrogens (primary N) is 1. The number of piperidine rings is 1. The Morgan fingerprint density at radius 3 is 2.82 bits per heavy atom. The molecule has 1 saturated heterocycles. The van der Waals surface area contributed by atoms with Crippen LogP contribution in [0, 0.1) is 0 Å². The predicted molar refractivity (Wildman–Crippen MR) is 70.5 cm³/mol. The van der Waals surface area contributed by atoms with Crippen LogP contribution in [-0.4, -0.2) is 30.8 Å². The van der Waals surface area contributed by atoms with E-state index in [-0.39, 0.29) is 0 Å². The molecule has 2 heterocycles. The number of rotatable bonds is 3. The average molecular weight is 256 g/mol. The van der Waals surface area contributed by atoms with E-state index < -0.39 is 0 Å². The second-order valence-electron chi connectivity index (χ2n) is 4.21. The lowest BCUT2D eigenvalue weighted by Gasteiger charge is -2.33. The highest BCUT2D eigenvalue weighted by Gasteiger charge is 2.21. The van der Waals surface area contributed by atoms with Gasteiger partial charge in [-0.15, -0.1) is 0 Å². The van der Waals surface area contributed by atoms with Crippen molar-refractivity contribution in [2.24, 2.45) is 0 Å². The van der Waals surface area contributed by atoms with E-state index in [0.717, 1.165) is 38.4 Å². The maximum Gasteiger partial charge on any atom is 0.151 e. The van der Waals surface area contributed by atoms with Crippen molar-refractivity contribution in [3.8, 4) is 0 Å². The summed E-state index contributed by atoms with van der Waals surface area (Å²) in [5.41, 5.74) is 6.57. The number of hydrogen-bond acceptors (Lipinski definition) is 4. The van der Waals surface area contributed by atoms with Crippen LogP contribution in [-0.2, 0) is 4.74 Å². The van der Waals surface area contributed by atoms with E-state index in [1.807, 2.05) is 6.92 Å². The summed E-state index contributed by atoms with van der Waals surface area (Å²) in [6.45, 7) is 4.68. The van der Waals surface area contributed by atoms with E-state index >= 15 is 0 Å². The fourth-order valence-electron chi connectivity index (χ4n) is 2.18. The number of aromatic nitrogens is 1. The molecule has 0 unspecified atom stereocenters. The summed E-state index contributed by atoms with van der Waals surface area (Å²) < 4.78 is 5.62. The van der Waals surface area contributed by atoms with Crippen molar-refractivity contribution in [1.82, 2.24) is 4.98 Å². The topological polar surface area (TPSA) is 51.4 Å². The molecule has 1 aliphatic rings. The van der Waals surface area contributed by atoms with E-state index in [2.05, 4.69) is 9.88 Å². The largest absolute Gasteiger partial charge is 0.396 e. The van der Waals surface area contributed by atoms with Crippen LogP contribution in [0.4, 0.5) is 11.5 Å². The summed E-state index contributed by atoms with van der Waals surface area (Å²) >= 11 is 5.84. The van der Waals surface area contributed by atoms with Gasteiger partial charge in [0.25, 0.3) is 0 Å². The van der Waals surface area contributed by atoms with E-state index in [4.69, 9.17) is 22.1 Å². The molecule has 1 aromatic heterocycles. The van der Waals surface area contributed by atoms with Gasteiger partial charge in [-0.3, -0.25) is 0 Å². The molecule has 17 heavy (non-hydrogen) atoms. The lowest BCUT2D eigenvalue weighted by atomic mass is 10.1. The molecule has 4 nitrogen and oxygen atoms in total. The molecule has 0 spiro atoms. The average Bonchev–Trinajstić information content (AvgIpc) is 2.31. The van der Waals surface area contributed by atoms with Crippen LogP contribution in [0.15, 0.2) is 12.3 Å². The Balaban J connectivity index is 2.00. The van der Waals surface area contributed by atoms with E-state index in [9.17, 15) is 0 Å². The van der Waals surface area contributed by atoms with Crippen molar-refractivity contribution >= 4 is 23.1 Å². The predicted octanol–water partition coefficient (Wildman–Crippen LogP) is 2.32. The van der Waals surface area contributed by atoms with Crippen molar-refractivity contribution in [2.45, 2.75) is 25.9 Å². The SMILES string of the molecule is CCOC1CCN(c2ncc(Cl)cc2N)CC1. The summed E-state index contributed by atoms with van der Waals surface area (Å²) in [7, 11) is 0. The minimum absolute atomic E-state index is 0.379. The first-order valence-electron chi connectivity index (χ1n) is 5.98. The lowest BCUT2D eigenvalue weighted by molar-refractivity contribution is 0.0458. The van der Waals surface area contributed by atoms with Crippen LogP contribution in [0.1, 0.15) is 19.8 Å². The third kappa shape index (κ3) is 3.01. The number of ether oxygens (including phenoxy) is 1. The molecule has 0 aromatic carbocycles. The van der Waals surface area contributed by atoms with Crippen LogP contribution < -0.4 is 10.6 Å². The lowest BCUT2D eigenvalue weighted by Crippen LogP contribution is -2.37. The fraction of sp³-hybridized carbons (Fsp3) is 0.583. The molecule has 2 N–H and O–H groups in total. The van der Waals surface area contributed by atoms with Crippen LogP contribution in [0.5, 0.6) is 0 Å². The first kappa shape index (κ1) is 12.5. The zero-order chi connectivity index (χ0) is 12.3. The van der Waals surface area contributed by atoms with Gasteiger partial charge < -0.3 is 15.4 Å². The molecule has 5 heteroatoms. The Bertz CT molecular complexity index is 378. The summed E-state index contributed by atoms with van der Waals surface area (Å²) in [4.78, 5) is 6.50. The zero-order valence-electron chi connectivity index (χ0n) is 10.0. The van der Waals surface area contributed by atoms with E-state index in [1.165, 1.54) is 0 Å². The van der Waals surface area contributed by atoms with Gasteiger partial charge in [-0.25, -0.2) is 4.98 Å². The second kappa shape index (κ2) is 5.56. The summed E-state index contributed by atoms with van der Waals surface area (Å²) in [6, 6.07) is 1.75. The molecule has 0 amide bonds. The van der Waals surface area contributed by atoms with Gasteiger partial charge in [-0.05, 0) is 25.8 Å². The highest BCUT2D eigenvalue weighted by Crippen LogP contribution is 2.26. The number of nitrogens with zero attached hydrogens (tertiary/aromatic N) is 2. The molecule has 0 bridgehead atoms. The Labute approximate surface area is 107 Å². The molecular formula is C12H18ClN3O. The number of nitrogen functional groups attached to an aromatic ring is 1. The van der Waals surface area contributed by atoms with Crippen molar-refractivity contribution in [1.29, 1.82) is 0 Å². The monoisotopic (exact) mass is 255 g/mol. The maximum absolute atomic E-state index is 5.93. The first-order chi connectivity index (χ1) is 8.20. The molecular weight excluding hydrogens is 238 g/mol. The Morgan fingerprint density at radius 2 is 2.24 bits per heavy atom. The number of pyridine rings is 1. The van der Waals surface area contributed by atoms with Crippen LogP contribution >= 0.6 is 11.6 Å². The molecule has 94 valence electrons. The van der Waals surface area contributed by atoms with E-state index in [0.29, 0.717) is 16.8 Å². The summed E-state index contributed by atoms with van der Waals surface area (Å²) in [5.74, 6) is 0.837. The first-order valence-corrected chi connectivity index (χ1v) is 6.36. The molecule has 0 radical (unpaired) electrons. The highest BCUT2D eigenvalue weighted by atomic mass is 35.5. The third-order valence-corrected chi connectivity index (χ3v) is 3.21. The Kier molecular flexibility index (Phi) is 4.07. The fourth-order valence-corrected chi connectivity index (χ4v) is 2.35. The molecule has 1 aromatic rings. The number of halogens is 1. The van der Waals surface area contributed by atoms with Gasteiger partial charge in [-0.2, -0.15) is 0 Å². The van der Waals surface area contributed by atoms with Crippen LogP contribution in [0.3, 0.4) is 0 Å². The highest BCUT2D eigenvalue weighted by molar-refractivity contribution is 6.30. The molecule has 1 aliphatic heterocycles. The van der Waals surface area contributed by atoms with E-state index in [1.54, 1.807) is 12.3 Å². The zero-order valence-corrected chi connectivity index (χ0v) is 10.8. The van der Waals surface area contributed by atoms with Crippen molar-refractivity contribution in [3.05, 3.63) is 17.3 Å². The van der Waals surface area contributed by atoms with Gasteiger partial charge in [0.1, 0.15) is 0 Å². The van der Waals surface area contributed by atoms with Crippen LogP contribution in [0.2, 0.25) is 5.02 Å². The summed E-state index contributed by atoms with van der Waals surface area (Å²) in [6.07, 6.45) is 4.07. The number of anilines is 2. The van der Waals surface area contributed by atoms with Gasteiger partial charge in [0.15, 0.2) is 5.82 Å². The van der Waals surface area contributed by atoms with Gasteiger partial charge in [0, 0.05) is 25.9 Å². The Hall–Kier alpha value is -1.00. The molecule has 2 rings (SSSR count). The molecule has 0 saturated carbocycles. The Morgan fingerprint density at radius 1 is 1.53 bits per heavy atom. The molecule has 1 fully saturated rings. The minimum Gasteiger partial charge on any atom is -0.396 e. The van der Waals surface area contributed by atoms with Crippen LogP contribution in [0.25, 0.3) is 0 Å². The van der Waals surface area contributed by atoms with Gasteiger partial charge >= 0.3 is 0 Å². The van der Waals surface area contributed by atoms with Gasteiger partial charge in [-0.1, -0.05) is 11.6 Å². The quantitative estimate of drug-likeness (QED) is 0.901. The van der Waals surface area contributed by atoms with Gasteiger partial charge in [0.2, 0.25) is 0 Å². The second-order valence-corrected chi connectivity index (χ2v) is 4.64. The normalized spacial score (nSPS) is 17.4. The number of hydrogen-bond donors (Lipinski definition) is 1. The molecule has 0 aliphatic carbocycles. The van der Waals surface area contributed by atoms with Crippen molar-refractivity contribution in [3.63, 3.8) is 0 Å². The minimum atomic E-state index is 0.379. The third-order valence-electron chi connectivity index (χ3n) is 3.01. The standard InChI is InChI=1S/C12H18ClN3O/c1-2-17-10-3-5-16(6-4-10)12-11(14)7-9(13)8-15-12/h7-8,10H,2-6,14H2,1H3. The van der Waals surface area contributed by atoms with Crippen molar-refractivity contribution in [2.75, 3.05) is 30.3 Å². The molecule has 0 atom stereocenters. The summed E-state index contributed by atoms with van der Waals surface area (Å²) in [5, 5.41) is 0.579. The van der Waals surface area contributed by atoms with Gasteiger partial charge in [0.05, 0.1) is 16.8 Å².